The predicted octanol–water partition coefficient (Wildman–Crippen LogP) is 4.15. The normalized spacial score (nSPS) is 10.9. The van der Waals surface area contributed by atoms with Crippen LogP contribution in [0.15, 0.2) is 77.6 Å². The number of carbonyl (C=O) groups excluding carboxylic acids is 1. The van der Waals surface area contributed by atoms with Crippen LogP contribution in [0.25, 0.3) is 22.0 Å². The van der Waals surface area contributed by atoms with Crippen LogP contribution in [0.1, 0.15) is 21.5 Å². The Balaban J connectivity index is 1.56. The van der Waals surface area contributed by atoms with Crippen molar-refractivity contribution in [2.45, 2.75) is 13.5 Å². The minimum absolute atomic E-state index is 0.00461. The van der Waals surface area contributed by atoms with E-state index in [2.05, 4.69) is 36.5 Å². The molecule has 1 aromatic heterocycles. The van der Waals surface area contributed by atoms with Gasteiger partial charge in [0.1, 0.15) is 0 Å². The first-order chi connectivity index (χ1) is 14.5. The van der Waals surface area contributed by atoms with Crippen molar-refractivity contribution in [3.8, 4) is 16.9 Å². The minimum atomic E-state index is -0.596. The molecule has 5 nitrogen and oxygen atoms in total. The Morgan fingerprint density at radius 1 is 0.933 bits per heavy atom. The van der Waals surface area contributed by atoms with Crippen LogP contribution >= 0.6 is 0 Å². The zero-order chi connectivity index (χ0) is 21.3. The van der Waals surface area contributed by atoms with Crippen LogP contribution in [0, 0.1) is 6.92 Å². The number of aromatic nitrogens is 1. The van der Waals surface area contributed by atoms with E-state index in [1.807, 2.05) is 24.3 Å². The summed E-state index contributed by atoms with van der Waals surface area (Å²) in [6.07, 6.45) is 0. The van der Waals surface area contributed by atoms with Crippen LogP contribution in [0.3, 0.4) is 0 Å². The Bertz CT molecular complexity index is 1290. The number of rotatable bonds is 4. The number of hydrogen-bond acceptors (Lipinski definition) is 3. The van der Waals surface area contributed by atoms with E-state index in [-0.39, 0.29) is 12.1 Å². The maximum absolute atomic E-state index is 12.8. The molecule has 0 bridgehead atoms. The molecular weight excluding hydrogens is 376 g/mol. The summed E-state index contributed by atoms with van der Waals surface area (Å²) in [5, 5.41) is 13.7. The fourth-order valence-corrected chi connectivity index (χ4v) is 3.54. The summed E-state index contributed by atoms with van der Waals surface area (Å²) in [5.41, 5.74) is 4.36. The van der Waals surface area contributed by atoms with Gasteiger partial charge in [0, 0.05) is 19.0 Å². The molecule has 0 aliphatic rings. The van der Waals surface area contributed by atoms with Gasteiger partial charge in [0.15, 0.2) is 5.75 Å². The van der Waals surface area contributed by atoms with E-state index < -0.39 is 17.2 Å². The van der Waals surface area contributed by atoms with E-state index in [1.165, 1.54) is 10.1 Å². The molecule has 0 saturated carbocycles. The number of para-hydroxylation sites is 1. The third-order valence-electron chi connectivity index (χ3n) is 5.30. The number of carbonyl (C=O) groups is 1. The van der Waals surface area contributed by atoms with Crippen LogP contribution < -0.4 is 10.9 Å². The van der Waals surface area contributed by atoms with E-state index in [1.54, 1.807) is 31.3 Å². The SMILES string of the molecule is Cc1ccc(-c2ccc(CNC(=O)c3c(O)c(=O)n(C)c4ccccc34)cc2)cc1. The predicted molar refractivity (Wildman–Crippen MR) is 119 cm³/mol. The van der Waals surface area contributed by atoms with Gasteiger partial charge >= 0.3 is 0 Å². The standard InChI is InChI=1S/C25H22N2O3/c1-16-7-11-18(12-8-16)19-13-9-17(10-14-19)15-26-24(29)22-20-5-3-4-6-21(20)27(2)25(30)23(22)28/h3-14,28H,15H2,1-2H3,(H,26,29). The molecule has 0 spiro atoms. The van der Waals surface area contributed by atoms with Crippen molar-refractivity contribution in [3.05, 3.63) is 99.8 Å². The molecule has 2 N–H and O–H groups in total. The summed E-state index contributed by atoms with van der Waals surface area (Å²) in [6.45, 7) is 2.34. The molecule has 0 unspecified atom stereocenters. The first-order valence-electron chi connectivity index (χ1n) is 9.70. The Hall–Kier alpha value is -3.86. The number of nitrogens with zero attached hydrogens (tertiary/aromatic N) is 1. The molecule has 0 atom stereocenters. The topological polar surface area (TPSA) is 71.3 Å². The maximum atomic E-state index is 12.8. The third-order valence-corrected chi connectivity index (χ3v) is 5.30. The molecule has 5 heteroatoms. The van der Waals surface area contributed by atoms with Crippen LogP contribution in [0.5, 0.6) is 5.75 Å². The summed E-state index contributed by atoms with van der Waals surface area (Å²) in [4.78, 5) is 25.1. The van der Waals surface area contributed by atoms with Gasteiger partial charge in [-0.3, -0.25) is 9.59 Å². The molecule has 0 radical (unpaired) electrons. The second-order valence-electron chi connectivity index (χ2n) is 7.35. The number of hydrogen-bond donors (Lipinski definition) is 2. The highest BCUT2D eigenvalue weighted by molar-refractivity contribution is 6.08. The highest BCUT2D eigenvalue weighted by Crippen LogP contribution is 2.24. The van der Waals surface area contributed by atoms with Gasteiger partial charge in [-0.05, 0) is 29.7 Å². The van der Waals surface area contributed by atoms with Crippen molar-refractivity contribution in [2.75, 3.05) is 0 Å². The van der Waals surface area contributed by atoms with Crippen molar-refractivity contribution in [2.24, 2.45) is 7.05 Å². The van der Waals surface area contributed by atoms with Gasteiger partial charge in [-0.1, -0.05) is 72.3 Å². The Morgan fingerprint density at radius 3 is 2.20 bits per heavy atom. The average Bonchev–Trinajstić information content (AvgIpc) is 2.77. The van der Waals surface area contributed by atoms with Crippen LogP contribution in [-0.2, 0) is 13.6 Å². The van der Waals surface area contributed by atoms with Crippen LogP contribution in [-0.4, -0.2) is 15.6 Å². The maximum Gasteiger partial charge on any atom is 0.293 e. The molecule has 1 amide bonds. The lowest BCUT2D eigenvalue weighted by molar-refractivity contribution is 0.0949. The van der Waals surface area contributed by atoms with Crippen molar-refractivity contribution in [1.29, 1.82) is 0 Å². The van der Waals surface area contributed by atoms with Crippen molar-refractivity contribution in [3.63, 3.8) is 0 Å². The Morgan fingerprint density at radius 2 is 1.53 bits per heavy atom. The van der Waals surface area contributed by atoms with E-state index in [0.29, 0.717) is 10.9 Å². The highest BCUT2D eigenvalue weighted by atomic mass is 16.3. The van der Waals surface area contributed by atoms with Gasteiger partial charge in [-0.2, -0.15) is 0 Å². The molecule has 4 rings (SSSR count). The molecule has 0 saturated heterocycles. The zero-order valence-electron chi connectivity index (χ0n) is 16.8. The Labute approximate surface area is 174 Å². The number of amides is 1. The Kier molecular flexibility index (Phi) is 5.11. The number of pyridine rings is 1. The average molecular weight is 398 g/mol. The fraction of sp³-hybridized carbons (Fsp3) is 0.120. The second-order valence-corrected chi connectivity index (χ2v) is 7.35. The van der Waals surface area contributed by atoms with Gasteiger partial charge in [0.25, 0.3) is 11.5 Å². The number of aromatic hydroxyl groups is 1. The molecule has 0 aliphatic carbocycles. The van der Waals surface area contributed by atoms with E-state index in [9.17, 15) is 14.7 Å². The first kappa shape index (κ1) is 19.5. The number of nitrogens with one attached hydrogen (secondary N) is 1. The summed E-state index contributed by atoms with van der Waals surface area (Å²) < 4.78 is 1.34. The lowest BCUT2D eigenvalue weighted by Crippen LogP contribution is -2.27. The van der Waals surface area contributed by atoms with Gasteiger partial charge in [-0.15, -0.1) is 0 Å². The van der Waals surface area contributed by atoms with E-state index >= 15 is 0 Å². The largest absolute Gasteiger partial charge is 0.502 e. The number of benzene rings is 3. The third kappa shape index (κ3) is 3.57. The zero-order valence-corrected chi connectivity index (χ0v) is 16.8. The smallest absolute Gasteiger partial charge is 0.293 e. The van der Waals surface area contributed by atoms with E-state index in [0.717, 1.165) is 16.7 Å². The van der Waals surface area contributed by atoms with E-state index in [4.69, 9.17) is 0 Å². The molecule has 0 fully saturated rings. The quantitative estimate of drug-likeness (QED) is 0.543. The van der Waals surface area contributed by atoms with Gasteiger partial charge in [0.05, 0.1) is 11.1 Å². The highest BCUT2D eigenvalue weighted by Gasteiger charge is 2.20. The lowest BCUT2D eigenvalue weighted by Gasteiger charge is -2.13. The fourth-order valence-electron chi connectivity index (χ4n) is 3.54. The summed E-state index contributed by atoms with van der Waals surface area (Å²) in [7, 11) is 1.57. The molecule has 4 aromatic rings. The van der Waals surface area contributed by atoms with Gasteiger partial charge in [-0.25, -0.2) is 0 Å². The molecule has 3 aromatic carbocycles. The monoisotopic (exact) mass is 398 g/mol. The van der Waals surface area contributed by atoms with Crippen molar-refractivity contribution in [1.82, 2.24) is 9.88 Å². The lowest BCUT2D eigenvalue weighted by atomic mass is 10.0. The van der Waals surface area contributed by atoms with Crippen LogP contribution in [0.4, 0.5) is 0 Å². The molecule has 30 heavy (non-hydrogen) atoms. The number of fused-ring (bicyclic) bond motifs is 1. The second kappa shape index (κ2) is 7.87. The van der Waals surface area contributed by atoms with Crippen LogP contribution in [0.2, 0.25) is 0 Å². The summed E-state index contributed by atoms with van der Waals surface area (Å²) in [6, 6.07) is 23.3. The molecule has 1 heterocycles. The molecule has 0 aliphatic heterocycles. The van der Waals surface area contributed by atoms with Gasteiger partial charge < -0.3 is 15.0 Å². The van der Waals surface area contributed by atoms with Crippen molar-refractivity contribution >= 4 is 16.8 Å². The van der Waals surface area contributed by atoms with Crippen molar-refractivity contribution < 1.29 is 9.90 Å². The summed E-state index contributed by atoms with van der Waals surface area (Å²) >= 11 is 0. The summed E-state index contributed by atoms with van der Waals surface area (Å²) in [5.74, 6) is -1.02. The number of aryl methyl sites for hydroxylation is 2. The molecule has 150 valence electrons. The molecular formula is C25H22N2O3. The first-order valence-corrected chi connectivity index (χ1v) is 9.70. The minimum Gasteiger partial charge on any atom is -0.502 e. The van der Waals surface area contributed by atoms with Gasteiger partial charge in [0.2, 0.25) is 0 Å².